The Morgan fingerprint density at radius 2 is 2.08 bits per heavy atom. The third kappa shape index (κ3) is 2.86. The summed E-state index contributed by atoms with van der Waals surface area (Å²) in [6.45, 7) is 3.67. The number of nitrogens with zero attached hydrogens (tertiary/aromatic N) is 1. The maximum atomic E-state index is 12.7. The molecule has 0 bridgehead atoms. The maximum Gasteiger partial charge on any atom is 0.337 e. The van der Waals surface area contributed by atoms with Crippen LogP contribution in [0.3, 0.4) is 0 Å². The third-order valence-electron chi connectivity index (χ3n) is 4.54. The van der Waals surface area contributed by atoms with E-state index >= 15 is 0 Å². The van der Waals surface area contributed by atoms with Crippen LogP contribution in [-0.2, 0) is 14.3 Å². The number of aryl methyl sites for hydroxylation is 1. The number of benzene rings is 1. The SMILES string of the molecule is COC(=O)C1=C(Nc2c(C)c(C)cc3[nH]c(=O)[nH]c23)C(=O)N(CCO)C1. The number of rotatable bonds is 5. The van der Waals surface area contributed by atoms with Gasteiger partial charge in [0.25, 0.3) is 5.91 Å². The van der Waals surface area contributed by atoms with Crippen LogP contribution in [0.25, 0.3) is 11.0 Å². The molecule has 9 nitrogen and oxygen atoms in total. The fourth-order valence-corrected chi connectivity index (χ4v) is 3.04. The number of H-pyrrole nitrogens is 2. The Hall–Kier alpha value is -3.07. The summed E-state index contributed by atoms with van der Waals surface area (Å²) in [7, 11) is 1.24. The quantitative estimate of drug-likeness (QED) is 0.562. The van der Waals surface area contributed by atoms with Crippen molar-refractivity contribution in [3.8, 4) is 0 Å². The number of anilines is 1. The van der Waals surface area contributed by atoms with E-state index in [4.69, 9.17) is 9.84 Å². The number of imidazole rings is 1. The number of amides is 1. The second-order valence-corrected chi connectivity index (χ2v) is 6.12. The molecule has 0 aliphatic carbocycles. The van der Waals surface area contributed by atoms with Crippen molar-refractivity contribution in [2.45, 2.75) is 13.8 Å². The fourth-order valence-electron chi connectivity index (χ4n) is 3.04. The average Bonchev–Trinajstić information content (AvgIpc) is 3.12. The number of esters is 1. The summed E-state index contributed by atoms with van der Waals surface area (Å²) >= 11 is 0. The molecule has 0 atom stereocenters. The Morgan fingerprint density at radius 1 is 1.35 bits per heavy atom. The van der Waals surface area contributed by atoms with E-state index in [-0.39, 0.29) is 36.7 Å². The number of aromatic amines is 2. The van der Waals surface area contributed by atoms with Crippen molar-refractivity contribution in [2.24, 2.45) is 0 Å². The highest BCUT2D eigenvalue weighted by Crippen LogP contribution is 2.30. The molecule has 0 fully saturated rings. The zero-order valence-electron chi connectivity index (χ0n) is 14.7. The minimum atomic E-state index is -0.620. The first-order chi connectivity index (χ1) is 12.4. The molecule has 1 aliphatic rings. The number of fused-ring (bicyclic) bond motifs is 1. The standard InChI is InChI=1S/C17H20N4O5/c1-8-6-11-14(20-17(25)18-11)12(9(8)2)19-13-10(16(24)26-3)7-21(4-5-22)15(13)23/h6,19,22H,4-5,7H2,1-3H3,(H2,18,20,25). The van der Waals surface area contributed by atoms with E-state index in [1.54, 1.807) is 0 Å². The highest BCUT2D eigenvalue weighted by atomic mass is 16.5. The van der Waals surface area contributed by atoms with Crippen LogP contribution in [-0.4, -0.2) is 58.7 Å². The number of carbonyl (C=O) groups is 2. The number of aliphatic hydroxyl groups is 1. The van der Waals surface area contributed by atoms with Gasteiger partial charge in [0.05, 0.1) is 42.6 Å². The summed E-state index contributed by atoms with van der Waals surface area (Å²) in [4.78, 5) is 43.2. The minimum absolute atomic E-state index is 0.0477. The first-order valence-electron chi connectivity index (χ1n) is 8.08. The first-order valence-corrected chi connectivity index (χ1v) is 8.08. The highest BCUT2D eigenvalue weighted by Gasteiger charge is 2.35. The molecule has 4 N–H and O–H groups in total. The maximum absolute atomic E-state index is 12.7. The van der Waals surface area contributed by atoms with Gasteiger partial charge < -0.3 is 30.0 Å². The number of methoxy groups -OCH3 is 1. The van der Waals surface area contributed by atoms with Gasteiger partial charge in [-0.3, -0.25) is 4.79 Å². The van der Waals surface area contributed by atoms with E-state index in [2.05, 4.69) is 15.3 Å². The Labute approximate surface area is 148 Å². The van der Waals surface area contributed by atoms with Gasteiger partial charge in [0.2, 0.25) is 0 Å². The largest absolute Gasteiger partial charge is 0.466 e. The average molecular weight is 360 g/mol. The predicted molar refractivity (Wildman–Crippen MR) is 94.7 cm³/mol. The molecular weight excluding hydrogens is 340 g/mol. The molecule has 0 unspecified atom stereocenters. The summed E-state index contributed by atoms with van der Waals surface area (Å²) in [6, 6.07) is 1.83. The minimum Gasteiger partial charge on any atom is -0.466 e. The van der Waals surface area contributed by atoms with Gasteiger partial charge >= 0.3 is 11.7 Å². The van der Waals surface area contributed by atoms with Crippen molar-refractivity contribution in [1.82, 2.24) is 14.9 Å². The van der Waals surface area contributed by atoms with Gasteiger partial charge in [0, 0.05) is 6.54 Å². The van der Waals surface area contributed by atoms with E-state index < -0.39 is 11.9 Å². The summed E-state index contributed by atoms with van der Waals surface area (Å²) in [5, 5.41) is 12.2. The van der Waals surface area contributed by atoms with Gasteiger partial charge in [-0.2, -0.15) is 0 Å². The van der Waals surface area contributed by atoms with Gasteiger partial charge in [0.15, 0.2) is 0 Å². The molecule has 1 aliphatic heterocycles. The topological polar surface area (TPSA) is 128 Å². The Bertz CT molecular complexity index is 985. The molecule has 2 aromatic rings. The lowest BCUT2D eigenvalue weighted by Crippen LogP contribution is -2.31. The van der Waals surface area contributed by atoms with Crippen LogP contribution in [0.15, 0.2) is 22.1 Å². The summed E-state index contributed by atoms with van der Waals surface area (Å²) in [5.74, 6) is -1.03. The highest BCUT2D eigenvalue weighted by molar-refractivity contribution is 6.09. The van der Waals surface area contributed by atoms with E-state index in [0.29, 0.717) is 16.7 Å². The van der Waals surface area contributed by atoms with Gasteiger partial charge in [-0.05, 0) is 31.0 Å². The third-order valence-corrected chi connectivity index (χ3v) is 4.54. The van der Waals surface area contributed by atoms with E-state index in [9.17, 15) is 14.4 Å². The molecular formula is C17H20N4O5. The normalized spacial score (nSPS) is 14.5. The van der Waals surface area contributed by atoms with Crippen molar-refractivity contribution in [1.29, 1.82) is 0 Å². The molecule has 2 heterocycles. The van der Waals surface area contributed by atoms with Crippen LogP contribution < -0.4 is 11.0 Å². The summed E-state index contributed by atoms with van der Waals surface area (Å²) < 4.78 is 4.78. The Balaban J connectivity index is 2.12. The molecule has 0 saturated heterocycles. The zero-order chi connectivity index (χ0) is 19.0. The van der Waals surface area contributed by atoms with E-state index in [1.807, 2.05) is 19.9 Å². The number of aliphatic hydroxyl groups excluding tert-OH is 1. The number of hydrogen-bond acceptors (Lipinski definition) is 6. The van der Waals surface area contributed by atoms with E-state index in [1.165, 1.54) is 12.0 Å². The lowest BCUT2D eigenvalue weighted by Gasteiger charge is -2.16. The number of aromatic nitrogens is 2. The van der Waals surface area contributed by atoms with Crippen LogP contribution in [0.2, 0.25) is 0 Å². The van der Waals surface area contributed by atoms with Crippen molar-refractivity contribution >= 4 is 28.6 Å². The van der Waals surface area contributed by atoms with Gasteiger partial charge in [0.1, 0.15) is 5.70 Å². The van der Waals surface area contributed by atoms with Crippen LogP contribution in [0.5, 0.6) is 0 Å². The summed E-state index contributed by atoms with van der Waals surface area (Å²) in [5.41, 5.74) is 3.29. The van der Waals surface area contributed by atoms with Gasteiger partial charge in [-0.25, -0.2) is 9.59 Å². The van der Waals surface area contributed by atoms with Crippen LogP contribution in [0.4, 0.5) is 5.69 Å². The predicted octanol–water partition coefficient (Wildman–Crippen LogP) is 0.147. The van der Waals surface area contributed by atoms with Gasteiger partial charge in [-0.15, -0.1) is 0 Å². The van der Waals surface area contributed by atoms with Gasteiger partial charge in [-0.1, -0.05) is 0 Å². The molecule has 0 saturated carbocycles. The molecule has 0 radical (unpaired) electrons. The lowest BCUT2D eigenvalue weighted by molar-refractivity contribution is -0.136. The summed E-state index contributed by atoms with van der Waals surface area (Å²) in [6.07, 6.45) is 0. The number of ether oxygens (including phenoxy) is 1. The smallest absolute Gasteiger partial charge is 0.337 e. The first kappa shape index (κ1) is 17.7. The molecule has 9 heteroatoms. The Morgan fingerprint density at radius 3 is 2.73 bits per heavy atom. The molecule has 0 spiro atoms. The molecule has 1 amide bonds. The lowest BCUT2D eigenvalue weighted by atomic mass is 10.1. The second-order valence-electron chi connectivity index (χ2n) is 6.12. The number of β-amino-alcohol motifs (C(OH)–C–C–N with tert-alkyl or cyclic N) is 1. The molecule has 26 heavy (non-hydrogen) atoms. The van der Waals surface area contributed by atoms with Crippen molar-refractivity contribution < 1.29 is 19.4 Å². The molecule has 1 aromatic carbocycles. The number of hydrogen-bond donors (Lipinski definition) is 4. The Kier molecular flexibility index (Phi) is 4.56. The monoisotopic (exact) mass is 360 g/mol. The van der Waals surface area contributed by atoms with Crippen LogP contribution in [0.1, 0.15) is 11.1 Å². The van der Waals surface area contributed by atoms with Crippen LogP contribution >= 0.6 is 0 Å². The number of nitrogens with one attached hydrogen (secondary N) is 3. The number of carbonyl (C=O) groups excluding carboxylic acids is 2. The van der Waals surface area contributed by atoms with Crippen molar-refractivity contribution in [2.75, 3.05) is 32.1 Å². The molecule has 1 aromatic heterocycles. The van der Waals surface area contributed by atoms with Crippen LogP contribution in [0, 0.1) is 13.8 Å². The van der Waals surface area contributed by atoms with E-state index in [0.717, 1.165) is 11.1 Å². The molecule has 138 valence electrons. The zero-order valence-corrected chi connectivity index (χ0v) is 14.7. The fraction of sp³-hybridized carbons (Fsp3) is 0.353. The van der Waals surface area contributed by atoms with Crippen molar-refractivity contribution in [3.63, 3.8) is 0 Å². The molecule has 3 rings (SSSR count). The second kappa shape index (κ2) is 6.68. The van der Waals surface area contributed by atoms with Crippen molar-refractivity contribution in [3.05, 3.63) is 38.9 Å².